The summed E-state index contributed by atoms with van der Waals surface area (Å²) in [6, 6.07) is -1.01. The van der Waals surface area contributed by atoms with E-state index in [0.717, 1.165) is 14.6 Å². The Bertz CT molecular complexity index is 1320. The number of fused-ring (bicyclic) bond motifs is 1. The predicted octanol–water partition coefficient (Wildman–Crippen LogP) is 3.12. The molecule has 2 amide bonds. The highest BCUT2D eigenvalue weighted by Crippen LogP contribution is 2.47. The Morgan fingerprint density at radius 2 is 2.03 bits per heavy atom. The molecule has 3 aliphatic rings. The molecule has 2 N–H and O–H groups in total. The van der Waals surface area contributed by atoms with E-state index >= 15 is 0 Å². The van der Waals surface area contributed by atoms with Gasteiger partial charge in [-0.1, -0.05) is 34.7 Å². The molecule has 0 spiro atoms. The zero-order chi connectivity index (χ0) is 26.6. The molecule has 37 heavy (non-hydrogen) atoms. The molecule has 10 nitrogen and oxygen atoms in total. The molecule has 2 aromatic heterocycles. The van der Waals surface area contributed by atoms with E-state index in [4.69, 9.17) is 11.6 Å². The molecule has 198 valence electrons. The SMILES string of the molecule is Cc1nnc(SCC2=C(C(=O)O)N3C(=O)[C@@H](NC(=O)Cn4nc(C(F)(F)F)c(Cl)c4C4CC4)[C@H]3SC2)s1. The van der Waals surface area contributed by atoms with Gasteiger partial charge in [-0.3, -0.25) is 19.2 Å². The van der Waals surface area contributed by atoms with Crippen LogP contribution in [0.5, 0.6) is 0 Å². The highest BCUT2D eigenvalue weighted by Gasteiger charge is 2.54. The van der Waals surface area contributed by atoms with Crippen molar-refractivity contribution in [3.63, 3.8) is 0 Å². The third-order valence-electron chi connectivity index (χ3n) is 5.90. The van der Waals surface area contributed by atoms with Crippen LogP contribution in [0.25, 0.3) is 0 Å². The Morgan fingerprint density at radius 3 is 2.62 bits per heavy atom. The van der Waals surface area contributed by atoms with Crippen LogP contribution in [0.4, 0.5) is 13.2 Å². The standard InChI is InChI=1S/C20H18ClF3N6O4S3/c1-7-26-27-19(37-7)36-6-9-5-35-17-12(16(32)30(17)14(9)18(33)34)25-10(31)4-29-13(8-2-3-8)11(21)15(28-29)20(22,23)24/h8,12,17H,2-6H2,1H3,(H,25,31)(H,33,34)/t12-,17-/m1/s1. The molecule has 0 aromatic carbocycles. The van der Waals surface area contributed by atoms with Gasteiger partial charge in [0.2, 0.25) is 5.91 Å². The van der Waals surface area contributed by atoms with Gasteiger partial charge >= 0.3 is 12.1 Å². The van der Waals surface area contributed by atoms with Crippen LogP contribution in [0.1, 0.15) is 35.2 Å². The van der Waals surface area contributed by atoms with E-state index in [1.807, 2.05) is 0 Å². The van der Waals surface area contributed by atoms with Crippen LogP contribution in [-0.2, 0) is 27.1 Å². The lowest BCUT2D eigenvalue weighted by Crippen LogP contribution is -2.70. The number of thioether (sulfide) groups is 2. The summed E-state index contributed by atoms with van der Waals surface area (Å²) in [5.41, 5.74) is -0.674. The second-order valence-electron chi connectivity index (χ2n) is 8.57. The molecule has 0 radical (unpaired) electrons. The van der Waals surface area contributed by atoms with Gasteiger partial charge in [-0.2, -0.15) is 18.3 Å². The number of carbonyl (C=O) groups excluding carboxylic acids is 2. The maximum atomic E-state index is 13.3. The highest BCUT2D eigenvalue weighted by molar-refractivity contribution is 8.01. The van der Waals surface area contributed by atoms with Crippen LogP contribution >= 0.6 is 46.5 Å². The summed E-state index contributed by atoms with van der Waals surface area (Å²) in [7, 11) is 0. The molecule has 1 aliphatic carbocycles. The van der Waals surface area contributed by atoms with Crippen molar-refractivity contribution >= 4 is 64.2 Å². The fraction of sp³-hybridized carbons (Fsp3) is 0.500. The topological polar surface area (TPSA) is 130 Å². The molecular formula is C20H18ClF3N6O4S3. The van der Waals surface area contributed by atoms with Gasteiger partial charge in [0.15, 0.2) is 10.0 Å². The summed E-state index contributed by atoms with van der Waals surface area (Å²) >= 11 is 9.95. The summed E-state index contributed by atoms with van der Waals surface area (Å²) < 4.78 is 41.5. The van der Waals surface area contributed by atoms with Crippen LogP contribution in [0.15, 0.2) is 15.6 Å². The fourth-order valence-electron chi connectivity index (χ4n) is 4.14. The van der Waals surface area contributed by atoms with Crippen LogP contribution < -0.4 is 5.32 Å². The van der Waals surface area contributed by atoms with Crippen LogP contribution in [0.2, 0.25) is 5.02 Å². The first-order chi connectivity index (χ1) is 17.5. The van der Waals surface area contributed by atoms with Crippen molar-refractivity contribution in [2.24, 2.45) is 0 Å². The van der Waals surface area contributed by atoms with E-state index in [9.17, 15) is 32.7 Å². The summed E-state index contributed by atoms with van der Waals surface area (Å²) in [6.07, 6.45) is -3.48. The number of amides is 2. The van der Waals surface area contributed by atoms with Gasteiger partial charge < -0.3 is 10.4 Å². The van der Waals surface area contributed by atoms with Gasteiger partial charge in [-0.15, -0.1) is 22.0 Å². The van der Waals surface area contributed by atoms with Crippen molar-refractivity contribution < 1.29 is 32.7 Å². The molecule has 0 unspecified atom stereocenters. The van der Waals surface area contributed by atoms with Crippen molar-refractivity contribution in [2.75, 3.05) is 11.5 Å². The summed E-state index contributed by atoms with van der Waals surface area (Å²) in [5.74, 6) is -2.16. The van der Waals surface area contributed by atoms with Gasteiger partial charge in [0.1, 0.15) is 28.7 Å². The predicted molar refractivity (Wildman–Crippen MR) is 129 cm³/mol. The number of rotatable bonds is 8. The number of aliphatic carboxylic acids is 1. The lowest BCUT2D eigenvalue weighted by atomic mass is 10.0. The molecule has 2 aliphatic heterocycles. The Labute approximate surface area is 225 Å². The molecule has 2 atom stereocenters. The van der Waals surface area contributed by atoms with E-state index in [-0.39, 0.29) is 17.3 Å². The van der Waals surface area contributed by atoms with Crippen molar-refractivity contribution in [1.82, 2.24) is 30.2 Å². The number of alkyl halides is 3. The number of hydrogen-bond donors (Lipinski definition) is 2. The van der Waals surface area contributed by atoms with Crippen molar-refractivity contribution in [2.45, 2.75) is 54.2 Å². The highest BCUT2D eigenvalue weighted by atomic mass is 35.5. The monoisotopic (exact) mass is 594 g/mol. The van der Waals surface area contributed by atoms with Gasteiger partial charge in [-0.25, -0.2) is 4.79 Å². The number of hydrogen-bond acceptors (Lipinski definition) is 9. The van der Waals surface area contributed by atoms with E-state index in [1.165, 1.54) is 34.9 Å². The first-order valence-corrected chi connectivity index (χ1v) is 14.1. The molecule has 2 fully saturated rings. The number of carboxylic acid groups (broad SMARTS) is 1. The number of nitrogens with zero attached hydrogens (tertiary/aromatic N) is 5. The molecule has 17 heteroatoms. The van der Waals surface area contributed by atoms with Gasteiger partial charge in [0, 0.05) is 17.4 Å². The van der Waals surface area contributed by atoms with Crippen molar-refractivity contribution in [3.05, 3.63) is 32.7 Å². The maximum absolute atomic E-state index is 13.3. The lowest BCUT2D eigenvalue weighted by molar-refractivity contribution is -0.150. The average Bonchev–Trinajstić information content (AvgIpc) is 3.48. The number of β-lactam (4-membered cyclic amide) rings is 1. The van der Waals surface area contributed by atoms with Crippen molar-refractivity contribution in [3.8, 4) is 0 Å². The van der Waals surface area contributed by atoms with E-state index in [1.54, 1.807) is 6.92 Å². The number of aryl methyl sites for hydroxylation is 1. The number of halogens is 4. The van der Waals surface area contributed by atoms with Crippen molar-refractivity contribution in [1.29, 1.82) is 0 Å². The minimum Gasteiger partial charge on any atom is -0.477 e. The largest absolute Gasteiger partial charge is 0.477 e. The molecule has 4 heterocycles. The minimum atomic E-state index is -4.77. The number of aromatic nitrogens is 4. The van der Waals surface area contributed by atoms with Gasteiger partial charge in [-0.05, 0) is 25.3 Å². The van der Waals surface area contributed by atoms with Crippen LogP contribution in [-0.4, -0.2) is 70.7 Å². The fourth-order valence-corrected chi connectivity index (χ4v) is 7.83. The molecule has 1 saturated heterocycles. The number of carboxylic acids is 1. The molecule has 5 rings (SSSR count). The minimum absolute atomic E-state index is 0.127. The maximum Gasteiger partial charge on any atom is 0.436 e. The second-order valence-corrected chi connectivity index (χ2v) is 12.5. The lowest BCUT2D eigenvalue weighted by Gasteiger charge is -2.49. The third kappa shape index (κ3) is 5.07. The molecule has 0 bridgehead atoms. The normalized spacial score (nSPS) is 21.6. The zero-order valence-corrected chi connectivity index (χ0v) is 22.1. The molecule has 2 aromatic rings. The average molecular weight is 595 g/mol. The molecular weight excluding hydrogens is 577 g/mol. The smallest absolute Gasteiger partial charge is 0.436 e. The number of carbonyl (C=O) groups is 3. The zero-order valence-electron chi connectivity index (χ0n) is 18.9. The quantitative estimate of drug-likeness (QED) is 0.350. The Hall–Kier alpha value is -2.30. The summed E-state index contributed by atoms with van der Waals surface area (Å²) in [4.78, 5) is 38.8. The Morgan fingerprint density at radius 1 is 1.30 bits per heavy atom. The van der Waals surface area contributed by atoms with Crippen LogP contribution in [0.3, 0.4) is 0 Å². The van der Waals surface area contributed by atoms with Crippen LogP contribution in [0, 0.1) is 6.92 Å². The first kappa shape index (κ1) is 26.3. The summed E-state index contributed by atoms with van der Waals surface area (Å²) in [5, 5.41) is 23.4. The van der Waals surface area contributed by atoms with Gasteiger partial charge in [0.25, 0.3) is 5.91 Å². The van der Waals surface area contributed by atoms with E-state index in [2.05, 4.69) is 20.6 Å². The third-order valence-corrected chi connectivity index (χ3v) is 9.67. The summed E-state index contributed by atoms with van der Waals surface area (Å²) in [6.45, 7) is 1.26. The van der Waals surface area contributed by atoms with E-state index < -0.39 is 52.6 Å². The second kappa shape index (κ2) is 9.78. The van der Waals surface area contributed by atoms with Gasteiger partial charge in [0.05, 0.1) is 10.7 Å². The molecule has 1 saturated carbocycles. The Balaban J connectivity index is 1.28. The Kier molecular flexibility index (Phi) is 6.96. The van der Waals surface area contributed by atoms with E-state index in [0.29, 0.717) is 34.3 Å². The number of nitrogens with one attached hydrogen (secondary N) is 1. The first-order valence-electron chi connectivity index (χ1n) is 10.9.